The van der Waals surface area contributed by atoms with Crippen LogP contribution in [0.3, 0.4) is 0 Å². The number of benzene rings is 2. The maximum atomic E-state index is 13.0. The molecule has 0 spiro atoms. The van der Waals surface area contributed by atoms with E-state index in [0.29, 0.717) is 31.0 Å². The molecule has 0 N–H and O–H groups in total. The Morgan fingerprint density at radius 2 is 1.70 bits per heavy atom. The summed E-state index contributed by atoms with van der Waals surface area (Å²) in [4.78, 5) is 19.1. The van der Waals surface area contributed by atoms with Crippen molar-refractivity contribution in [3.63, 3.8) is 0 Å². The highest BCUT2D eigenvalue weighted by Crippen LogP contribution is 2.19. The van der Waals surface area contributed by atoms with Crippen molar-refractivity contribution in [2.24, 2.45) is 0 Å². The molecule has 0 unspecified atom stereocenters. The lowest BCUT2D eigenvalue weighted by molar-refractivity contribution is -0.132. The third kappa shape index (κ3) is 5.41. The lowest BCUT2D eigenvalue weighted by Gasteiger charge is -2.24. The summed E-state index contributed by atoms with van der Waals surface area (Å²) >= 11 is 6.23. The van der Waals surface area contributed by atoms with Crippen LogP contribution in [0.1, 0.15) is 28.7 Å². The summed E-state index contributed by atoms with van der Waals surface area (Å²) in [6, 6.07) is 19.8. The van der Waals surface area contributed by atoms with Crippen LogP contribution in [0.4, 0.5) is 0 Å². The minimum absolute atomic E-state index is 0.113. The quantitative estimate of drug-likeness (QED) is 0.565. The third-order valence-electron chi connectivity index (χ3n) is 4.64. The lowest BCUT2D eigenvalue weighted by Crippen LogP contribution is -2.30. The molecule has 1 aromatic heterocycles. The molecule has 0 aliphatic rings. The molecule has 0 saturated carbocycles. The normalized spacial score (nSPS) is 10.6. The van der Waals surface area contributed by atoms with Crippen molar-refractivity contribution in [3.05, 3.63) is 100 Å². The van der Waals surface area contributed by atoms with E-state index in [4.69, 9.17) is 11.6 Å². The Kier molecular flexibility index (Phi) is 6.61. The summed E-state index contributed by atoms with van der Waals surface area (Å²) in [6.07, 6.45) is 4.62. The van der Waals surface area contributed by atoms with Crippen LogP contribution in [0.25, 0.3) is 0 Å². The van der Waals surface area contributed by atoms with Gasteiger partial charge in [0.2, 0.25) is 5.91 Å². The Morgan fingerprint density at radius 1 is 0.963 bits per heavy atom. The summed E-state index contributed by atoms with van der Waals surface area (Å²) in [6.45, 7) is 3.21. The van der Waals surface area contributed by atoms with E-state index in [1.54, 1.807) is 6.20 Å². The summed E-state index contributed by atoms with van der Waals surface area (Å²) in [5.74, 6) is 0.113. The van der Waals surface area contributed by atoms with Gasteiger partial charge in [0, 0.05) is 36.9 Å². The molecule has 138 valence electrons. The first-order valence-corrected chi connectivity index (χ1v) is 9.46. The highest BCUT2D eigenvalue weighted by atomic mass is 35.5. The number of hydrogen-bond acceptors (Lipinski definition) is 2. The van der Waals surface area contributed by atoms with Crippen molar-refractivity contribution < 1.29 is 4.79 Å². The van der Waals surface area contributed by atoms with Crippen LogP contribution in [0, 0.1) is 6.92 Å². The third-order valence-corrected chi connectivity index (χ3v) is 5.01. The van der Waals surface area contributed by atoms with Crippen LogP contribution in [0.15, 0.2) is 73.1 Å². The van der Waals surface area contributed by atoms with Crippen molar-refractivity contribution in [2.75, 3.05) is 0 Å². The number of pyridine rings is 1. The zero-order chi connectivity index (χ0) is 19.1. The fourth-order valence-corrected chi connectivity index (χ4v) is 3.27. The number of carbonyl (C=O) groups excluding carboxylic acids is 1. The van der Waals surface area contributed by atoms with Gasteiger partial charge in [-0.1, -0.05) is 60.1 Å². The standard InChI is InChI=1S/C23H23ClN2O/c1-18-7-2-3-10-21(18)17-26(16-19-8-6-14-25-15-19)23(27)13-12-20-9-4-5-11-22(20)24/h2-11,14-15H,12-13,16-17H2,1H3. The van der Waals surface area contributed by atoms with Crippen LogP contribution in [0.2, 0.25) is 5.02 Å². The van der Waals surface area contributed by atoms with Gasteiger partial charge in [0.1, 0.15) is 0 Å². The molecule has 0 bridgehead atoms. The molecule has 1 amide bonds. The van der Waals surface area contributed by atoms with E-state index in [0.717, 1.165) is 16.7 Å². The molecule has 0 saturated heterocycles. The van der Waals surface area contributed by atoms with E-state index in [1.165, 1.54) is 5.56 Å². The number of nitrogens with zero attached hydrogens (tertiary/aromatic N) is 2. The lowest BCUT2D eigenvalue weighted by atomic mass is 10.1. The molecule has 0 fully saturated rings. The van der Waals surface area contributed by atoms with Crippen molar-refractivity contribution in [1.29, 1.82) is 0 Å². The maximum Gasteiger partial charge on any atom is 0.223 e. The monoisotopic (exact) mass is 378 g/mol. The summed E-state index contributed by atoms with van der Waals surface area (Å²) < 4.78 is 0. The first kappa shape index (κ1) is 19.1. The van der Waals surface area contributed by atoms with Crippen LogP contribution >= 0.6 is 11.6 Å². The van der Waals surface area contributed by atoms with E-state index in [2.05, 4.69) is 24.0 Å². The Bertz CT molecular complexity index is 896. The summed E-state index contributed by atoms with van der Waals surface area (Å²) in [5.41, 5.74) is 4.38. The zero-order valence-corrected chi connectivity index (χ0v) is 16.2. The topological polar surface area (TPSA) is 33.2 Å². The van der Waals surface area contributed by atoms with Crippen LogP contribution in [-0.4, -0.2) is 15.8 Å². The fourth-order valence-electron chi connectivity index (χ4n) is 3.04. The Labute approximate surface area is 165 Å². The molecule has 3 rings (SSSR count). The van der Waals surface area contributed by atoms with Gasteiger partial charge in [0.05, 0.1) is 0 Å². The van der Waals surface area contributed by atoms with Crippen LogP contribution in [0.5, 0.6) is 0 Å². The minimum atomic E-state index is 0.113. The Morgan fingerprint density at radius 3 is 2.41 bits per heavy atom. The van der Waals surface area contributed by atoms with Crippen LogP contribution in [-0.2, 0) is 24.3 Å². The Balaban J connectivity index is 1.74. The molecule has 3 aromatic rings. The molecule has 0 radical (unpaired) electrons. The first-order chi connectivity index (χ1) is 13.1. The van der Waals surface area contributed by atoms with Gasteiger partial charge in [0.25, 0.3) is 0 Å². The van der Waals surface area contributed by atoms with Crippen molar-refractivity contribution in [2.45, 2.75) is 32.9 Å². The average Bonchev–Trinajstić information content (AvgIpc) is 2.69. The highest BCUT2D eigenvalue weighted by molar-refractivity contribution is 6.31. The van der Waals surface area contributed by atoms with E-state index < -0.39 is 0 Å². The number of halogens is 1. The maximum absolute atomic E-state index is 13.0. The van der Waals surface area contributed by atoms with Gasteiger partial charge in [0.15, 0.2) is 0 Å². The molecular weight excluding hydrogens is 356 g/mol. The van der Waals surface area contributed by atoms with Crippen molar-refractivity contribution in [1.82, 2.24) is 9.88 Å². The van der Waals surface area contributed by atoms with Gasteiger partial charge in [-0.3, -0.25) is 9.78 Å². The molecule has 0 aliphatic heterocycles. The van der Waals surface area contributed by atoms with Gasteiger partial charge >= 0.3 is 0 Å². The molecule has 0 aliphatic carbocycles. The molecule has 1 heterocycles. The fraction of sp³-hybridized carbons (Fsp3) is 0.217. The highest BCUT2D eigenvalue weighted by Gasteiger charge is 2.16. The number of aromatic nitrogens is 1. The second-order valence-electron chi connectivity index (χ2n) is 6.63. The number of rotatable bonds is 7. The Hall–Kier alpha value is -2.65. The summed E-state index contributed by atoms with van der Waals surface area (Å²) in [7, 11) is 0. The largest absolute Gasteiger partial charge is 0.334 e. The molecule has 3 nitrogen and oxygen atoms in total. The van der Waals surface area contributed by atoms with Gasteiger partial charge in [-0.15, -0.1) is 0 Å². The molecule has 0 atom stereocenters. The van der Waals surface area contributed by atoms with Gasteiger partial charge in [-0.05, 0) is 47.7 Å². The number of aryl methyl sites for hydroxylation is 2. The molecular formula is C23H23ClN2O. The van der Waals surface area contributed by atoms with Gasteiger partial charge in [-0.2, -0.15) is 0 Å². The zero-order valence-electron chi connectivity index (χ0n) is 15.4. The second kappa shape index (κ2) is 9.33. The van der Waals surface area contributed by atoms with E-state index in [1.807, 2.05) is 59.6 Å². The second-order valence-corrected chi connectivity index (χ2v) is 7.04. The predicted molar refractivity (Wildman–Crippen MR) is 109 cm³/mol. The molecule has 4 heteroatoms. The summed E-state index contributed by atoms with van der Waals surface area (Å²) in [5, 5.41) is 0.711. The van der Waals surface area contributed by atoms with Crippen molar-refractivity contribution in [3.8, 4) is 0 Å². The van der Waals surface area contributed by atoms with Crippen molar-refractivity contribution >= 4 is 17.5 Å². The van der Waals surface area contributed by atoms with Gasteiger partial charge < -0.3 is 4.90 Å². The average molecular weight is 379 g/mol. The SMILES string of the molecule is Cc1ccccc1CN(Cc1cccnc1)C(=O)CCc1ccccc1Cl. The number of carbonyl (C=O) groups is 1. The van der Waals surface area contributed by atoms with Crippen LogP contribution < -0.4 is 0 Å². The van der Waals surface area contributed by atoms with Gasteiger partial charge in [-0.25, -0.2) is 0 Å². The smallest absolute Gasteiger partial charge is 0.223 e. The number of amides is 1. The number of hydrogen-bond donors (Lipinski definition) is 0. The molecule has 2 aromatic carbocycles. The van der Waals surface area contributed by atoms with E-state index >= 15 is 0 Å². The molecule has 27 heavy (non-hydrogen) atoms. The first-order valence-electron chi connectivity index (χ1n) is 9.08. The van der Waals surface area contributed by atoms with E-state index in [9.17, 15) is 4.79 Å². The predicted octanol–water partition coefficient (Wildman–Crippen LogP) is 5.21. The minimum Gasteiger partial charge on any atom is -0.334 e. The van der Waals surface area contributed by atoms with E-state index in [-0.39, 0.29) is 5.91 Å².